The molecule has 0 N–H and O–H groups in total. The van der Waals surface area contributed by atoms with Crippen molar-refractivity contribution in [1.29, 1.82) is 0 Å². The molecule has 0 aliphatic heterocycles. The van der Waals surface area contributed by atoms with E-state index in [9.17, 15) is 0 Å². The minimum atomic E-state index is 0.595. The highest BCUT2D eigenvalue weighted by Gasteiger charge is 2.64. The highest BCUT2D eigenvalue weighted by atomic mass is 14.7. The smallest absolute Gasteiger partial charge is 0.0107 e. The molecular weight excluding hydrogens is 180 g/mol. The van der Waals surface area contributed by atoms with Crippen molar-refractivity contribution in [2.24, 2.45) is 22.7 Å². The van der Waals surface area contributed by atoms with E-state index in [1.165, 1.54) is 32.1 Å². The molecule has 0 spiro atoms. The summed E-state index contributed by atoms with van der Waals surface area (Å²) in [5, 5.41) is 0. The van der Waals surface area contributed by atoms with Crippen molar-refractivity contribution in [2.75, 3.05) is 0 Å². The summed E-state index contributed by atoms with van der Waals surface area (Å²) in [6.07, 6.45) is 7.22. The average Bonchev–Trinajstić information content (AvgIpc) is 2.68. The van der Waals surface area contributed by atoms with E-state index in [0.717, 1.165) is 11.8 Å². The summed E-state index contributed by atoms with van der Waals surface area (Å²) in [6, 6.07) is 0. The average molecular weight is 204 g/mol. The molecule has 84 valence electrons. The van der Waals surface area contributed by atoms with Crippen LogP contribution in [0, 0.1) is 22.7 Å². The molecule has 0 bridgehead atoms. The Bertz CT molecular complexity index is 334. The van der Waals surface area contributed by atoms with Crippen molar-refractivity contribution in [2.45, 2.75) is 59.8 Å². The summed E-state index contributed by atoms with van der Waals surface area (Å²) >= 11 is 0. The van der Waals surface area contributed by atoms with Crippen molar-refractivity contribution in [3.05, 3.63) is 11.1 Å². The Hall–Kier alpha value is -0.260. The molecule has 3 aliphatic carbocycles. The highest BCUT2D eigenvalue weighted by molar-refractivity contribution is 5.36. The van der Waals surface area contributed by atoms with E-state index in [4.69, 9.17) is 0 Å². The van der Waals surface area contributed by atoms with Gasteiger partial charge in [-0.25, -0.2) is 0 Å². The fourth-order valence-corrected chi connectivity index (χ4v) is 4.76. The van der Waals surface area contributed by atoms with Crippen LogP contribution in [0.4, 0.5) is 0 Å². The molecule has 1 unspecified atom stereocenters. The van der Waals surface area contributed by atoms with Crippen LogP contribution in [-0.4, -0.2) is 0 Å². The van der Waals surface area contributed by atoms with Crippen LogP contribution < -0.4 is 0 Å². The number of allylic oxidation sites excluding steroid dienone is 2. The highest BCUT2D eigenvalue weighted by Crippen LogP contribution is 2.72. The van der Waals surface area contributed by atoms with Crippen LogP contribution in [0.1, 0.15) is 59.8 Å². The Labute approximate surface area is 94.1 Å². The molecule has 15 heavy (non-hydrogen) atoms. The van der Waals surface area contributed by atoms with Gasteiger partial charge in [0.15, 0.2) is 0 Å². The van der Waals surface area contributed by atoms with Gasteiger partial charge in [0.25, 0.3) is 0 Å². The maximum Gasteiger partial charge on any atom is -0.0107 e. The standard InChI is InChI=1S/C15H24/c1-10-6-5-8-15(4)9-7-11-13(12(10)15)14(11,2)3/h11,13H,5-9H2,1-4H3/t11-,13?,15+/m1/s1. The maximum atomic E-state index is 2.54. The molecule has 2 fully saturated rings. The van der Waals surface area contributed by atoms with Gasteiger partial charge in [0.05, 0.1) is 0 Å². The maximum absolute atomic E-state index is 2.54. The molecule has 2 saturated carbocycles. The van der Waals surface area contributed by atoms with Crippen LogP contribution in [-0.2, 0) is 0 Å². The van der Waals surface area contributed by atoms with Crippen LogP contribution in [0.25, 0.3) is 0 Å². The third kappa shape index (κ3) is 1.14. The van der Waals surface area contributed by atoms with E-state index in [1.54, 1.807) is 5.57 Å². The molecule has 3 aliphatic rings. The molecule has 0 heteroatoms. The van der Waals surface area contributed by atoms with Crippen molar-refractivity contribution in [3.8, 4) is 0 Å². The molecule has 0 aromatic heterocycles. The van der Waals surface area contributed by atoms with Gasteiger partial charge in [-0.05, 0) is 61.7 Å². The van der Waals surface area contributed by atoms with Crippen molar-refractivity contribution in [3.63, 3.8) is 0 Å². The van der Waals surface area contributed by atoms with E-state index in [2.05, 4.69) is 27.7 Å². The molecule has 0 aromatic rings. The van der Waals surface area contributed by atoms with Gasteiger partial charge in [0.1, 0.15) is 0 Å². The molecule has 0 amide bonds. The Morgan fingerprint density at radius 3 is 2.60 bits per heavy atom. The fraction of sp³-hybridized carbons (Fsp3) is 0.867. The van der Waals surface area contributed by atoms with Crippen molar-refractivity contribution < 1.29 is 0 Å². The zero-order valence-electron chi connectivity index (χ0n) is 10.7. The summed E-state index contributed by atoms with van der Waals surface area (Å²) in [5.74, 6) is 1.98. The minimum absolute atomic E-state index is 0.595. The summed E-state index contributed by atoms with van der Waals surface area (Å²) in [4.78, 5) is 0. The third-order valence-electron chi connectivity index (χ3n) is 5.76. The van der Waals surface area contributed by atoms with Gasteiger partial charge in [-0.2, -0.15) is 0 Å². The van der Waals surface area contributed by atoms with Crippen molar-refractivity contribution >= 4 is 0 Å². The van der Waals surface area contributed by atoms with Crippen LogP contribution in [0.2, 0.25) is 0 Å². The zero-order valence-corrected chi connectivity index (χ0v) is 10.7. The molecule has 0 radical (unpaired) electrons. The van der Waals surface area contributed by atoms with E-state index in [-0.39, 0.29) is 0 Å². The van der Waals surface area contributed by atoms with Gasteiger partial charge in [-0.1, -0.05) is 31.9 Å². The number of fused-ring (bicyclic) bond motifs is 3. The van der Waals surface area contributed by atoms with E-state index in [1.807, 2.05) is 5.57 Å². The monoisotopic (exact) mass is 204 g/mol. The van der Waals surface area contributed by atoms with Gasteiger partial charge in [0.2, 0.25) is 0 Å². The van der Waals surface area contributed by atoms with E-state index < -0.39 is 0 Å². The molecule has 0 heterocycles. The third-order valence-corrected chi connectivity index (χ3v) is 5.76. The summed E-state index contributed by atoms with van der Waals surface area (Å²) in [6.45, 7) is 9.92. The normalized spacial score (nSPS) is 47.2. The van der Waals surface area contributed by atoms with Gasteiger partial charge in [-0.3, -0.25) is 0 Å². The second-order valence-corrected chi connectivity index (χ2v) is 7.05. The van der Waals surface area contributed by atoms with Crippen molar-refractivity contribution in [1.82, 2.24) is 0 Å². The predicted molar refractivity (Wildman–Crippen MR) is 64.7 cm³/mol. The summed E-state index contributed by atoms with van der Waals surface area (Å²) < 4.78 is 0. The summed E-state index contributed by atoms with van der Waals surface area (Å²) in [5.41, 5.74) is 4.88. The topological polar surface area (TPSA) is 0 Å². The molecule has 3 atom stereocenters. The minimum Gasteiger partial charge on any atom is -0.0733 e. The first-order chi connectivity index (χ1) is 6.97. The first-order valence-electron chi connectivity index (χ1n) is 6.67. The van der Waals surface area contributed by atoms with Gasteiger partial charge in [-0.15, -0.1) is 0 Å². The Balaban J connectivity index is 2.05. The zero-order chi connectivity index (χ0) is 10.8. The molecule has 3 rings (SSSR count). The lowest BCUT2D eigenvalue weighted by molar-refractivity contribution is 0.250. The lowest BCUT2D eigenvalue weighted by Crippen LogP contribution is -2.28. The van der Waals surface area contributed by atoms with Gasteiger partial charge >= 0.3 is 0 Å². The number of hydrogen-bond donors (Lipinski definition) is 0. The predicted octanol–water partition coefficient (Wildman–Crippen LogP) is 4.56. The molecule has 0 saturated heterocycles. The number of rotatable bonds is 0. The molecule has 0 aromatic carbocycles. The number of hydrogen-bond acceptors (Lipinski definition) is 0. The second-order valence-electron chi connectivity index (χ2n) is 7.05. The van der Waals surface area contributed by atoms with Gasteiger partial charge < -0.3 is 0 Å². The first kappa shape index (κ1) is 9.93. The SMILES string of the molecule is CC1=C2C3[C@@H](CC[C@]2(C)CCC1)C3(C)C. The first-order valence-corrected chi connectivity index (χ1v) is 6.67. The van der Waals surface area contributed by atoms with Crippen LogP contribution >= 0.6 is 0 Å². The molecular formula is C15H24. The Kier molecular flexibility index (Phi) is 1.79. The fourth-order valence-electron chi connectivity index (χ4n) is 4.76. The van der Waals surface area contributed by atoms with Crippen LogP contribution in [0.5, 0.6) is 0 Å². The summed E-state index contributed by atoms with van der Waals surface area (Å²) in [7, 11) is 0. The Morgan fingerprint density at radius 2 is 1.87 bits per heavy atom. The second kappa shape index (κ2) is 2.70. The lowest BCUT2D eigenvalue weighted by atomic mass is 9.64. The largest absolute Gasteiger partial charge is 0.0733 e. The quantitative estimate of drug-likeness (QED) is 0.507. The Morgan fingerprint density at radius 1 is 1.13 bits per heavy atom. The van der Waals surface area contributed by atoms with Crippen LogP contribution in [0.3, 0.4) is 0 Å². The van der Waals surface area contributed by atoms with Gasteiger partial charge in [0, 0.05) is 0 Å². The van der Waals surface area contributed by atoms with E-state index >= 15 is 0 Å². The molecule has 0 nitrogen and oxygen atoms in total. The van der Waals surface area contributed by atoms with E-state index in [0.29, 0.717) is 10.8 Å². The lowest BCUT2D eigenvalue weighted by Gasteiger charge is -2.41. The van der Waals surface area contributed by atoms with Crippen LogP contribution in [0.15, 0.2) is 11.1 Å².